The third kappa shape index (κ3) is 3.91. The van der Waals surface area contributed by atoms with Gasteiger partial charge in [-0.25, -0.2) is 0 Å². The molecule has 3 nitrogen and oxygen atoms in total. The lowest BCUT2D eigenvalue weighted by molar-refractivity contribution is 0.584. The Hall–Kier alpha value is -1.26. The molecule has 1 aromatic carbocycles. The topological polar surface area (TPSA) is 40.7 Å². The molecule has 0 aliphatic heterocycles. The van der Waals surface area contributed by atoms with E-state index < -0.39 is 0 Å². The predicted octanol–water partition coefficient (Wildman–Crippen LogP) is 2.85. The Kier molecular flexibility index (Phi) is 4.64. The van der Waals surface area contributed by atoms with Crippen LogP contribution < -0.4 is 5.32 Å². The van der Waals surface area contributed by atoms with Gasteiger partial charge < -0.3 is 5.32 Å². The number of aromatic amines is 1. The Morgan fingerprint density at radius 3 is 2.82 bits per heavy atom. The van der Waals surface area contributed by atoms with Crippen LogP contribution in [0.4, 0.5) is 0 Å². The van der Waals surface area contributed by atoms with E-state index in [1.807, 2.05) is 23.9 Å². The molecule has 17 heavy (non-hydrogen) atoms. The van der Waals surface area contributed by atoms with Crippen molar-refractivity contribution >= 4 is 11.8 Å². The van der Waals surface area contributed by atoms with Crippen LogP contribution in [0.5, 0.6) is 0 Å². The van der Waals surface area contributed by atoms with Crippen LogP contribution >= 0.6 is 11.8 Å². The van der Waals surface area contributed by atoms with Gasteiger partial charge in [0.25, 0.3) is 0 Å². The number of aromatic nitrogens is 2. The molecule has 2 aromatic rings. The number of hydrogen-bond acceptors (Lipinski definition) is 3. The second-order valence-electron chi connectivity index (χ2n) is 3.85. The molecule has 4 heteroatoms. The number of nitrogens with zero attached hydrogens (tertiary/aromatic N) is 1. The van der Waals surface area contributed by atoms with E-state index in [1.54, 1.807) is 6.20 Å². The first-order valence-corrected chi connectivity index (χ1v) is 6.75. The zero-order valence-corrected chi connectivity index (χ0v) is 10.7. The van der Waals surface area contributed by atoms with Crippen LogP contribution in [0.3, 0.4) is 0 Å². The highest BCUT2D eigenvalue weighted by Crippen LogP contribution is 2.16. The smallest absolute Gasteiger partial charge is 0.0518 e. The molecule has 1 unspecified atom stereocenters. The second-order valence-corrected chi connectivity index (χ2v) is 5.02. The van der Waals surface area contributed by atoms with Crippen LogP contribution in [-0.2, 0) is 0 Å². The summed E-state index contributed by atoms with van der Waals surface area (Å²) in [7, 11) is 0. The van der Waals surface area contributed by atoms with Gasteiger partial charge in [0.2, 0.25) is 0 Å². The molecule has 2 N–H and O–H groups in total. The molecule has 2 rings (SSSR count). The minimum atomic E-state index is 0.328. The van der Waals surface area contributed by atoms with Gasteiger partial charge >= 0.3 is 0 Å². The highest BCUT2D eigenvalue weighted by atomic mass is 32.2. The maximum Gasteiger partial charge on any atom is 0.0518 e. The van der Waals surface area contributed by atoms with Crippen molar-refractivity contribution in [3.8, 4) is 0 Å². The molecule has 0 amide bonds. The Morgan fingerprint density at radius 1 is 1.29 bits per heavy atom. The summed E-state index contributed by atoms with van der Waals surface area (Å²) in [4.78, 5) is 1.32. The summed E-state index contributed by atoms with van der Waals surface area (Å²) in [6.07, 6.45) is 1.78. The summed E-state index contributed by atoms with van der Waals surface area (Å²) < 4.78 is 0. The first kappa shape index (κ1) is 12.2. The average molecular weight is 247 g/mol. The van der Waals surface area contributed by atoms with E-state index >= 15 is 0 Å². The molecular weight excluding hydrogens is 230 g/mol. The summed E-state index contributed by atoms with van der Waals surface area (Å²) in [5.74, 6) is 1.07. The van der Waals surface area contributed by atoms with Crippen molar-refractivity contribution in [3.63, 3.8) is 0 Å². The zero-order chi connectivity index (χ0) is 11.9. The number of H-pyrrole nitrogens is 1. The summed E-state index contributed by atoms with van der Waals surface area (Å²) >= 11 is 1.87. The van der Waals surface area contributed by atoms with Crippen LogP contribution in [-0.4, -0.2) is 22.5 Å². The first-order chi connectivity index (χ1) is 8.36. The SMILES string of the molecule is CC(NCCSc1ccccc1)c1ccn[nH]1. The first-order valence-electron chi connectivity index (χ1n) is 5.77. The van der Waals surface area contributed by atoms with E-state index in [0.717, 1.165) is 18.0 Å². The largest absolute Gasteiger partial charge is 0.308 e. The Labute approximate surface area is 106 Å². The second kappa shape index (κ2) is 6.47. The van der Waals surface area contributed by atoms with Gasteiger partial charge in [-0.15, -0.1) is 11.8 Å². The third-order valence-electron chi connectivity index (χ3n) is 2.55. The number of hydrogen-bond donors (Lipinski definition) is 2. The molecule has 0 fully saturated rings. The van der Waals surface area contributed by atoms with Crippen LogP contribution in [0.25, 0.3) is 0 Å². The van der Waals surface area contributed by atoms with Crippen molar-refractivity contribution in [1.29, 1.82) is 0 Å². The van der Waals surface area contributed by atoms with Gasteiger partial charge in [-0.2, -0.15) is 5.10 Å². The summed E-state index contributed by atoms with van der Waals surface area (Å²) in [6, 6.07) is 12.8. The summed E-state index contributed by atoms with van der Waals surface area (Å²) in [5, 5.41) is 10.4. The monoisotopic (exact) mass is 247 g/mol. The van der Waals surface area contributed by atoms with Gasteiger partial charge in [-0.1, -0.05) is 18.2 Å². The van der Waals surface area contributed by atoms with Gasteiger partial charge in [0, 0.05) is 29.4 Å². The standard InChI is InChI=1S/C13H17N3S/c1-11(13-7-8-15-16-13)14-9-10-17-12-5-3-2-4-6-12/h2-8,11,14H,9-10H2,1H3,(H,15,16). The Morgan fingerprint density at radius 2 is 2.12 bits per heavy atom. The number of nitrogens with one attached hydrogen (secondary N) is 2. The molecule has 0 saturated carbocycles. The van der Waals surface area contributed by atoms with E-state index in [2.05, 4.69) is 46.7 Å². The molecule has 0 saturated heterocycles. The fourth-order valence-corrected chi connectivity index (χ4v) is 2.38. The number of benzene rings is 1. The molecule has 0 bridgehead atoms. The van der Waals surface area contributed by atoms with E-state index in [-0.39, 0.29) is 0 Å². The Balaban J connectivity index is 1.67. The summed E-state index contributed by atoms with van der Waals surface area (Å²) in [5.41, 5.74) is 1.13. The van der Waals surface area contributed by atoms with Gasteiger partial charge in [-0.05, 0) is 25.1 Å². The molecule has 0 radical (unpaired) electrons. The van der Waals surface area contributed by atoms with Crippen molar-refractivity contribution in [2.45, 2.75) is 17.9 Å². The maximum atomic E-state index is 3.95. The lowest BCUT2D eigenvalue weighted by Gasteiger charge is -2.11. The van der Waals surface area contributed by atoms with Crippen molar-refractivity contribution in [3.05, 3.63) is 48.3 Å². The molecule has 90 valence electrons. The molecule has 1 atom stereocenters. The van der Waals surface area contributed by atoms with Gasteiger partial charge in [0.1, 0.15) is 0 Å². The minimum Gasteiger partial charge on any atom is -0.308 e. The van der Waals surface area contributed by atoms with Crippen LogP contribution in [0.1, 0.15) is 18.7 Å². The average Bonchev–Trinajstić information content (AvgIpc) is 2.89. The molecule has 1 aromatic heterocycles. The van der Waals surface area contributed by atoms with Crippen molar-refractivity contribution < 1.29 is 0 Å². The molecular formula is C13H17N3S. The highest BCUT2D eigenvalue weighted by Gasteiger charge is 2.04. The normalized spacial score (nSPS) is 12.5. The van der Waals surface area contributed by atoms with Crippen molar-refractivity contribution in [2.24, 2.45) is 0 Å². The van der Waals surface area contributed by atoms with Crippen LogP contribution in [0.2, 0.25) is 0 Å². The van der Waals surface area contributed by atoms with Crippen LogP contribution in [0, 0.1) is 0 Å². The van der Waals surface area contributed by atoms with Gasteiger partial charge in [0.15, 0.2) is 0 Å². The third-order valence-corrected chi connectivity index (χ3v) is 3.57. The molecule has 0 spiro atoms. The van der Waals surface area contributed by atoms with Crippen molar-refractivity contribution in [1.82, 2.24) is 15.5 Å². The number of thioether (sulfide) groups is 1. The fourth-order valence-electron chi connectivity index (χ4n) is 1.58. The summed E-state index contributed by atoms with van der Waals surface area (Å²) in [6.45, 7) is 3.13. The Bertz CT molecular complexity index is 413. The number of rotatable bonds is 6. The highest BCUT2D eigenvalue weighted by molar-refractivity contribution is 7.99. The lowest BCUT2D eigenvalue weighted by Crippen LogP contribution is -2.21. The van der Waals surface area contributed by atoms with E-state index in [9.17, 15) is 0 Å². The van der Waals surface area contributed by atoms with E-state index in [0.29, 0.717) is 6.04 Å². The molecule has 0 aliphatic carbocycles. The molecule has 1 heterocycles. The van der Waals surface area contributed by atoms with Gasteiger partial charge in [-0.3, -0.25) is 5.10 Å². The van der Waals surface area contributed by atoms with Gasteiger partial charge in [0.05, 0.1) is 5.69 Å². The maximum absolute atomic E-state index is 3.95. The zero-order valence-electron chi connectivity index (χ0n) is 9.89. The van der Waals surface area contributed by atoms with E-state index in [4.69, 9.17) is 0 Å². The predicted molar refractivity (Wildman–Crippen MR) is 72.2 cm³/mol. The fraction of sp³-hybridized carbons (Fsp3) is 0.308. The van der Waals surface area contributed by atoms with Crippen LogP contribution in [0.15, 0.2) is 47.5 Å². The minimum absolute atomic E-state index is 0.328. The van der Waals surface area contributed by atoms with E-state index in [1.165, 1.54) is 4.90 Å². The quantitative estimate of drug-likeness (QED) is 0.609. The lowest BCUT2D eigenvalue weighted by atomic mass is 10.2. The van der Waals surface area contributed by atoms with Crippen molar-refractivity contribution in [2.75, 3.05) is 12.3 Å². The molecule has 0 aliphatic rings.